The molecule has 5 heteroatoms. The average Bonchev–Trinajstić information content (AvgIpc) is 2.64. The van der Waals surface area contributed by atoms with Gasteiger partial charge in [0.05, 0.1) is 11.8 Å². The maximum absolute atomic E-state index is 12.2. The van der Waals surface area contributed by atoms with Crippen LogP contribution in [-0.2, 0) is 9.53 Å². The molecule has 0 unspecified atom stereocenters. The Kier molecular flexibility index (Phi) is 4.64. The Balaban J connectivity index is 2.10. The molecule has 3 atom stereocenters. The molecule has 0 saturated heterocycles. The highest BCUT2D eigenvalue weighted by Crippen LogP contribution is 2.60. The van der Waals surface area contributed by atoms with Crippen molar-refractivity contribution in [2.75, 3.05) is 6.54 Å². The Bertz CT molecular complexity index is 491. The molecule has 0 heterocycles. The standard InChI is InChI=1S/C17H27NO4/c1-5-6-12-7-13-9-17(11-18(20)21,14(13)8-12)10-15(19)22-16(2,3)4/h8,13-14H,5-7,9-11H2,1-4H3/t13-,14-,17-/m0/s1. The molecule has 1 saturated carbocycles. The number of carbonyl (C=O) groups excluding carboxylic acids is 1. The van der Waals surface area contributed by atoms with Crippen LogP contribution >= 0.6 is 0 Å². The maximum Gasteiger partial charge on any atom is 0.307 e. The first kappa shape index (κ1) is 17.0. The largest absolute Gasteiger partial charge is 0.460 e. The van der Waals surface area contributed by atoms with Gasteiger partial charge in [-0.2, -0.15) is 0 Å². The van der Waals surface area contributed by atoms with E-state index in [1.165, 1.54) is 5.57 Å². The summed E-state index contributed by atoms with van der Waals surface area (Å²) in [6, 6.07) is 0. The number of nitro groups is 1. The minimum absolute atomic E-state index is 0.136. The van der Waals surface area contributed by atoms with Gasteiger partial charge in [0.25, 0.3) is 0 Å². The molecule has 5 nitrogen and oxygen atoms in total. The van der Waals surface area contributed by atoms with E-state index in [0.717, 1.165) is 25.7 Å². The first-order valence-corrected chi connectivity index (χ1v) is 8.18. The Morgan fingerprint density at radius 3 is 2.73 bits per heavy atom. The molecule has 0 aliphatic heterocycles. The zero-order valence-corrected chi connectivity index (χ0v) is 14.1. The lowest BCUT2D eigenvalue weighted by Crippen LogP contribution is -2.51. The van der Waals surface area contributed by atoms with Crippen molar-refractivity contribution in [2.24, 2.45) is 17.3 Å². The fraction of sp³-hybridized carbons (Fsp3) is 0.824. The first-order valence-electron chi connectivity index (χ1n) is 8.18. The summed E-state index contributed by atoms with van der Waals surface area (Å²) >= 11 is 0. The van der Waals surface area contributed by atoms with E-state index in [1.807, 2.05) is 20.8 Å². The summed E-state index contributed by atoms with van der Waals surface area (Å²) in [5.74, 6) is 0.348. The summed E-state index contributed by atoms with van der Waals surface area (Å²) in [6.45, 7) is 7.48. The molecule has 0 bridgehead atoms. The third-order valence-corrected chi connectivity index (χ3v) is 4.75. The highest BCUT2D eigenvalue weighted by molar-refractivity contribution is 5.71. The maximum atomic E-state index is 12.2. The summed E-state index contributed by atoms with van der Waals surface area (Å²) in [5, 5.41) is 11.1. The Labute approximate surface area is 132 Å². The minimum Gasteiger partial charge on any atom is -0.460 e. The number of allylic oxidation sites excluding steroid dienone is 2. The predicted octanol–water partition coefficient (Wildman–Crippen LogP) is 3.75. The van der Waals surface area contributed by atoms with Crippen LogP contribution in [0.5, 0.6) is 0 Å². The van der Waals surface area contributed by atoms with Gasteiger partial charge < -0.3 is 4.74 Å². The number of ether oxygens (including phenoxy) is 1. The van der Waals surface area contributed by atoms with Crippen molar-refractivity contribution in [1.82, 2.24) is 0 Å². The van der Waals surface area contributed by atoms with Gasteiger partial charge in [-0.1, -0.05) is 25.0 Å². The number of carbonyl (C=O) groups is 1. The van der Waals surface area contributed by atoms with Crippen molar-refractivity contribution < 1.29 is 14.5 Å². The molecule has 0 amide bonds. The second-order valence-electron chi connectivity index (χ2n) is 7.89. The van der Waals surface area contributed by atoms with E-state index in [-0.39, 0.29) is 29.8 Å². The molecule has 0 aromatic carbocycles. The second kappa shape index (κ2) is 6.01. The summed E-state index contributed by atoms with van der Waals surface area (Å²) in [5.41, 5.74) is 0.327. The van der Waals surface area contributed by atoms with Crippen LogP contribution in [-0.4, -0.2) is 23.0 Å². The summed E-state index contributed by atoms with van der Waals surface area (Å²) in [6.07, 6.45) is 6.34. The normalized spacial score (nSPS) is 30.3. The molecule has 0 N–H and O–H groups in total. The van der Waals surface area contributed by atoms with Crippen LogP contribution in [0.15, 0.2) is 11.6 Å². The average molecular weight is 309 g/mol. The van der Waals surface area contributed by atoms with Gasteiger partial charge in [0.2, 0.25) is 6.54 Å². The SMILES string of the molecule is CCCC1=C[C@H]2[C@@H](C1)C[C@]2(CC(=O)OC(C)(C)C)C[N+](=O)[O-]. The molecule has 0 aromatic heterocycles. The van der Waals surface area contributed by atoms with Crippen LogP contribution in [0.1, 0.15) is 59.8 Å². The Morgan fingerprint density at radius 1 is 1.50 bits per heavy atom. The Morgan fingerprint density at radius 2 is 2.18 bits per heavy atom. The van der Waals surface area contributed by atoms with Crippen LogP contribution in [0.4, 0.5) is 0 Å². The molecule has 2 aliphatic rings. The quantitative estimate of drug-likeness (QED) is 0.324. The molecular formula is C17H27NO4. The lowest BCUT2D eigenvalue weighted by molar-refractivity contribution is -0.506. The molecular weight excluding hydrogens is 282 g/mol. The fourth-order valence-electron chi connectivity index (χ4n) is 4.14. The molecule has 124 valence electrons. The minimum atomic E-state index is -0.547. The van der Waals surface area contributed by atoms with Gasteiger partial charge in [0, 0.05) is 4.92 Å². The summed E-state index contributed by atoms with van der Waals surface area (Å²) < 4.78 is 5.39. The number of hydrogen-bond acceptors (Lipinski definition) is 4. The number of nitrogens with zero attached hydrogens (tertiary/aromatic N) is 1. The molecule has 0 spiro atoms. The van der Waals surface area contributed by atoms with Crippen LogP contribution in [0.3, 0.4) is 0 Å². The Hall–Kier alpha value is -1.39. The van der Waals surface area contributed by atoms with Gasteiger partial charge in [-0.15, -0.1) is 0 Å². The first-order chi connectivity index (χ1) is 10.1. The van der Waals surface area contributed by atoms with Crippen molar-refractivity contribution in [3.8, 4) is 0 Å². The van der Waals surface area contributed by atoms with E-state index < -0.39 is 11.0 Å². The highest BCUT2D eigenvalue weighted by Gasteiger charge is 2.58. The summed E-state index contributed by atoms with van der Waals surface area (Å²) in [4.78, 5) is 23.0. The molecule has 22 heavy (non-hydrogen) atoms. The molecule has 0 radical (unpaired) electrons. The molecule has 2 aliphatic carbocycles. The van der Waals surface area contributed by atoms with E-state index in [2.05, 4.69) is 13.0 Å². The van der Waals surface area contributed by atoms with Crippen LogP contribution < -0.4 is 0 Å². The van der Waals surface area contributed by atoms with Crippen molar-refractivity contribution in [1.29, 1.82) is 0 Å². The van der Waals surface area contributed by atoms with Crippen LogP contribution in [0.25, 0.3) is 0 Å². The van der Waals surface area contributed by atoms with Gasteiger partial charge in [-0.3, -0.25) is 14.9 Å². The van der Waals surface area contributed by atoms with E-state index >= 15 is 0 Å². The molecule has 1 fully saturated rings. The van der Waals surface area contributed by atoms with E-state index in [4.69, 9.17) is 4.74 Å². The fourth-order valence-corrected chi connectivity index (χ4v) is 4.14. The van der Waals surface area contributed by atoms with Crippen LogP contribution in [0.2, 0.25) is 0 Å². The van der Waals surface area contributed by atoms with Crippen molar-refractivity contribution in [2.45, 2.75) is 65.4 Å². The van der Waals surface area contributed by atoms with Gasteiger partial charge in [0.15, 0.2) is 0 Å². The monoisotopic (exact) mass is 309 g/mol. The zero-order chi connectivity index (χ0) is 16.5. The molecule has 2 rings (SSSR count). The molecule has 0 aromatic rings. The summed E-state index contributed by atoms with van der Waals surface area (Å²) in [7, 11) is 0. The number of hydrogen-bond donors (Lipinski definition) is 0. The lowest BCUT2D eigenvalue weighted by Gasteiger charge is -2.49. The third-order valence-electron chi connectivity index (χ3n) is 4.75. The van der Waals surface area contributed by atoms with Gasteiger partial charge in [-0.05, 0) is 51.9 Å². The number of rotatable bonds is 6. The smallest absolute Gasteiger partial charge is 0.307 e. The second-order valence-corrected chi connectivity index (χ2v) is 7.89. The van der Waals surface area contributed by atoms with E-state index in [1.54, 1.807) is 0 Å². The third kappa shape index (κ3) is 3.68. The predicted molar refractivity (Wildman–Crippen MR) is 84.0 cm³/mol. The topological polar surface area (TPSA) is 69.4 Å². The highest BCUT2D eigenvalue weighted by atomic mass is 16.6. The van der Waals surface area contributed by atoms with Gasteiger partial charge in [-0.25, -0.2) is 0 Å². The lowest BCUT2D eigenvalue weighted by atomic mass is 9.53. The van der Waals surface area contributed by atoms with Gasteiger partial charge in [0.1, 0.15) is 5.60 Å². The van der Waals surface area contributed by atoms with E-state index in [0.29, 0.717) is 5.92 Å². The number of fused-ring (bicyclic) bond motifs is 1. The van der Waals surface area contributed by atoms with Gasteiger partial charge >= 0.3 is 5.97 Å². The van der Waals surface area contributed by atoms with Crippen molar-refractivity contribution in [3.63, 3.8) is 0 Å². The van der Waals surface area contributed by atoms with E-state index in [9.17, 15) is 14.9 Å². The van der Waals surface area contributed by atoms with Crippen molar-refractivity contribution >= 4 is 5.97 Å². The van der Waals surface area contributed by atoms with Crippen LogP contribution in [0, 0.1) is 27.4 Å². The number of esters is 1. The zero-order valence-electron chi connectivity index (χ0n) is 14.1. The van der Waals surface area contributed by atoms with Crippen molar-refractivity contribution in [3.05, 3.63) is 21.8 Å².